The summed E-state index contributed by atoms with van der Waals surface area (Å²) in [7, 11) is 4.22. The van der Waals surface area contributed by atoms with E-state index in [9.17, 15) is 0 Å². The van der Waals surface area contributed by atoms with Gasteiger partial charge in [-0.25, -0.2) is 0 Å². The molecule has 1 aromatic carbocycles. The van der Waals surface area contributed by atoms with Crippen LogP contribution in [0.1, 0.15) is 13.3 Å². The SMILES string of the molecule is CCN(C)CCCN(C)c1cc(=S)c1=S. The lowest BCUT2D eigenvalue weighted by atomic mass is 10.2. The highest BCUT2D eigenvalue weighted by molar-refractivity contribution is 7.74. The van der Waals surface area contributed by atoms with Crippen molar-refractivity contribution in [3.8, 4) is 0 Å². The standard InChI is InChI=1S/C11H18N2S2/c1-4-12(2)6-5-7-13(3)9-8-10(14)11(9)15/h8H,4-7H2,1-3H3. The van der Waals surface area contributed by atoms with Gasteiger partial charge in [0.1, 0.15) is 0 Å². The Bertz CT molecular complexity index is 380. The molecule has 0 saturated heterocycles. The molecule has 0 atom stereocenters. The zero-order valence-electron chi connectivity index (χ0n) is 9.62. The molecule has 0 aliphatic heterocycles. The van der Waals surface area contributed by atoms with Crippen molar-refractivity contribution in [1.82, 2.24) is 4.90 Å². The van der Waals surface area contributed by atoms with Gasteiger partial charge in [-0.15, -0.1) is 0 Å². The van der Waals surface area contributed by atoms with Crippen LogP contribution in [0, 0.1) is 9.02 Å². The van der Waals surface area contributed by atoms with E-state index < -0.39 is 0 Å². The molecule has 1 aromatic rings. The molecule has 0 saturated carbocycles. The largest absolute Gasteiger partial charge is 0.373 e. The van der Waals surface area contributed by atoms with Crippen LogP contribution < -0.4 is 4.90 Å². The zero-order chi connectivity index (χ0) is 11.4. The summed E-state index contributed by atoms with van der Waals surface area (Å²) in [5.41, 5.74) is 1.13. The van der Waals surface area contributed by atoms with Crippen LogP contribution in [0.15, 0.2) is 6.07 Å². The molecule has 4 heteroatoms. The van der Waals surface area contributed by atoms with Gasteiger partial charge in [0.15, 0.2) is 0 Å². The molecule has 1 rings (SSSR count). The minimum absolute atomic E-state index is 0.831. The number of rotatable bonds is 6. The maximum Gasteiger partial charge on any atom is 0.0792 e. The van der Waals surface area contributed by atoms with Crippen LogP contribution in [0.2, 0.25) is 0 Å². The first-order valence-corrected chi connectivity index (χ1v) is 6.08. The molecule has 0 aliphatic carbocycles. The summed E-state index contributed by atoms with van der Waals surface area (Å²) in [6, 6.07) is 1.99. The first kappa shape index (κ1) is 12.7. The summed E-state index contributed by atoms with van der Waals surface area (Å²) in [5.74, 6) is 0. The van der Waals surface area contributed by atoms with Crippen molar-refractivity contribution in [2.75, 3.05) is 38.6 Å². The molecule has 0 spiro atoms. The Balaban J connectivity index is 2.32. The van der Waals surface area contributed by atoms with Gasteiger partial charge < -0.3 is 9.80 Å². The molecule has 0 N–H and O–H groups in total. The van der Waals surface area contributed by atoms with Crippen molar-refractivity contribution in [1.29, 1.82) is 0 Å². The first-order valence-electron chi connectivity index (χ1n) is 5.26. The summed E-state index contributed by atoms with van der Waals surface area (Å²) in [4.78, 5) is 4.51. The van der Waals surface area contributed by atoms with Crippen LogP contribution in [0.3, 0.4) is 0 Å². The molecule has 0 unspecified atom stereocenters. The number of hydrogen-bond donors (Lipinski definition) is 0. The summed E-state index contributed by atoms with van der Waals surface area (Å²) < 4.78 is 1.69. The van der Waals surface area contributed by atoms with Gasteiger partial charge in [-0.2, -0.15) is 0 Å². The molecule has 0 bridgehead atoms. The number of anilines is 1. The topological polar surface area (TPSA) is 6.48 Å². The Morgan fingerprint density at radius 1 is 1.20 bits per heavy atom. The Labute approximate surface area is 102 Å². The normalized spacial score (nSPS) is 11.2. The van der Waals surface area contributed by atoms with Crippen molar-refractivity contribution in [2.45, 2.75) is 13.3 Å². The highest BCUT2D eigenvalue weighted by Crippen LogP contribution is 2.21. The predicted octanol–water partition coefficient (Wildman–Crippen LogP) is 2.80. The molecule has 0 amide bonds. The summed E-state index contributed by atoms with van der Waals surface area (Å²) in [5, 5.41) is 0. The third-order valence-electron chi connectivity index (χ3n) is 2.71. The van der Waals surface area contributed by atoms with E-state index in [2.05, 4.69) is 30.8 Å². The second-order valence-corrected chi connectivity index (χ2v) is 4.74. The Morgan fingerprint density at radius 3 is 2.33 bits per heavy atom. The van der Waals surface area contributed by atoms with Crippen molar-refractivity contribution >= 4 is 30.1 Å². The lowest BCUT2D eigenvalue weighted by Gasteiger charge is -2.22. The molecular weight excluding hydrogens is 224 g/mol. The van der Waals surface area contributed by atoms with Crippen molar-refractivity contribution in [3.05, 3.63) is 15.1 Å². The summed E-state index contributed by atoms with van der Waals surface area (Å²) in [6.07, 6.45) is 1.16. The van der Waals surface area contributed by atoms with Crippen LogP contribution in [0.5, 0.6) is 0 Å². The van der Waals surface area contributed by atoms with Crippen molar-refractivity contribution in [3.63, 3.8) is 0 Å². The first-order chi connectivity index (χ1) is 7.06. The molecule has 84 valence electrons. The molecule has 0 fully saturated rings. The Hall–Kier alpha value is -0.320. The summed E-state index contributed by atoms with van der Waals surface area (Å²) in [6.45, 7) is 5.45. The smallest absolute Gasteiger partial charge is 0.0792 e. The highest BCUT2D eigenvalue weighted by atomic mass is 32.1. The molecule has 15 heavy (non-hydrogen) atoms. The molecule has 2 nitrogen and oxygen atoms in total. The minimum atomic E-state index is 0.831. The van der Waals surface area contributed by atoms with Crippen LogP contribution in [0.4, 0.5) is 5.69 Å². The fourth-order valence-corrected chi connectivity index (χ4v) is 1.93. The lowest BCUT2D eigenvalue weighted by molar-refractivity contribution is 0.349. The van der Waals surface area contributed by atoms with Crippen molar-refractivity contribution in [2.24, 2.45) is 0 Å². The van der Waals surface area contributed by atoms with Gasteiger partial charge in [0.2, 0.25) is 0 Å². The van der Waals surface area contributed by atoms with Crippen molar-refractivity contribution < 1.29 is 0 Å². The van der Waals surface area contributed by atoms with Gasteiger partial charge in [0, 0.05) is 13.6 Å². The third kappa shape index (κ3) is 3.33. The quantitative estimate of drug-likeness (QED) is 0.707. The van der Waals surface area contributed by atoms with Crippen LogP contribution in [-0.2, 0) is 0 Å². The molecule has 0 heterocycles. The van der Waals surface area contributed by atoms with E-state index in [1.54, 1.807) is 0 Å². The Kier molecular flexibility index (Phi) is 4.83. The maximum absolute atomic E-state index is 5.17. The number of hydrogen-bond acceptors (Lipinski definition) is 4. The van der Waals surface area contributed by atoms with E-state index in [0.29, 0.717) is 0 Å². The van der Waals surface area contributed by atoms with Gasteiger partial charge in [-0.3, -0.25) is 0 Å². The van der Waals surface area contributed by atoms with Gasteiger partial charge >= 0.3 is 0 Å². The lowest BCUT2D eigenvalue weighted by Crippen LogP contribution is -2.26. The second-order valence-electron chi connectivity index (χ2n) is 3.89. The van der Waals surface area contributed by atoms with Crippen LogP contribution in [0.25, 0.3) is 0 Å². The predicted molar refractivity (Wildman–Crippen MR) is 71.5 cm³/mol. The van der Waals surface area contributed by atoms with E-state index >= 15 is 0 Å². The Morgan fingerprint density at radius 2 is 1.87 bits per heavy atom. The van der Waals surface area contributed by atoms with Crippen LogP contribution >= 0.6 is 24.4 Å². The minimum Gasteiger partial charge on any atom is -0.373 e. The molecule has 0 aliphatic rings. The highest BCUT2D eigenvalue weighted by Gasteiger charge is 2.07. The van der Waals surface area contributed by atoms with E-state index in [0.717, 1.165) is 40.8 Å². The third-order valence-corrected chi connectivity index (χ3v) is 3.59. The van der Waals surface area contributed by atoms with E-state index in [-0.39, 0.29) is 0 Å². The van der Waals surface area contributed by atoms with Gasteiger partial charge in [-0.05, 0) is 32.6 Å². The van der Waals surface area contributed by atoms with Gasteiger partial charge in [0.05, 0.1) is 14.7 Å². The molecule has 0 aromatic heterocycles. The van der Waals surface area contributed by atoms with Crippen LogP contribution in [-0.4, -0.2) is 38.6 Å². The number of nitrogens with zero attached hydrogens (tertiary/aromatic N) is 2. The van der Waals surface area contributed by atoms with E-state index in [1.807, 2.05) is 6.07 Å². The zero-order valence-corrected chi connectivity index (χ0v) is 11.2. The van der Waals surface area contributed by atoms with Gasteiger partial charge in [0.25, 0.3) is 0 Å². The average Bonchev–Trinajstić information content (AvgIpc) is 2.24. The van der Waals surface area contributed by atoms with E-state index in [1.165, 1.54) is 0 Å². The molecular formula is C11H18N2S2. The summed E-state index contributed by atoms with van der Waals surface area (Å²) >= 11 is 10.2. The van der Waals surface area contributed by atoms with E-state index in [4.69, 9.17) is 24.4 Å². The maximum atomic E-state index is 5.17. The second kappa shape index (κ2) is 5.68. The van der Waals surface area contributed by atoms with Gasteiger partial charge in [-0.1, -0.05) is 31.4 Å². The molecule has 0 radical (unpaired) electrons. The monoisotopic (exact) mass is 242 g/mol. The fraction of sp³-hybridized carbons (Fsp3) is 0.636. The average molecular weight is 242 g/mol. The fourth-order valence-electron chi connectivity index (χ4n) is 1.44.